The number of ether oxygens (including phenoxy) is 1. The first-order valence-corrected chi connectivity index (χ1v) is 10.3. The van der Waals surface area contributed by atoms with Crippen LogP contribution >= 0.6 is 0 Å². The summed E-state index contributed by atoms with van der Waals surface area (Å²) in [5, 5.41) is 6.52. The zero-order valence-electron chi connectivity index (χ0n) is 16.6. The van der Waals surface area contributed by atoms with Gasteiger partial charge in [0, 0.05) is 31.1 Å². The summed E-state index contributed by atoms with van der Waals surface area (Å²) >= 11 is 0. The Balaban J connectivity index is 1.49. The van der Waals surface area contributed by atoms with Gasteiger partial charge in [-0.25, -0.2) is 0 Å². The Labute approximate surface area is 157 Å². The van der Waals surface area contributed by atoms with Crippen molar-refractivity contribution in [3.05, 3.63) is 0 Å². The molecule has 2 amide bonds. The van der Waals surface area contributed by atoms with E-state index in [1.165, 1.54) is 12.8 Å². The van der Waals surface area contributed by atoms with Gasteiger partial charge in [-0.1, -0.05) is 33.6 Å². The molecule has 0 unspecified atom stereocenters. The van der Waals surface area contributed by atoms with Gasteiger partial charge in [-0.3, -0.25) is 9.59 Å². The third-order valence-electron chi connectivity index (χ3n) is 6.71. The number of nitrogens with one attached hydrogen (secondary N) is 2. The molecular weight excluding hydrogens is 330 g/mol. The Morgan fingerprint density at radius 2 is 1.77 bits per heavy atom. The summed E-state index contributed by atoms with van der Waals surface area (Å²) in [6.45, 7) is 9.72. The number of carbonyl (C=O) groups is 2. The molecule has 0 aromatic heterocycles. The van der Waals surface area contributed by atoms with Gasteiger partial charge >= 0.3 is 0 Å². The average Bonchev–Trinajstić information content (AvgIpc) is 3.10. The van der Waals surface area contributed by atoms with Crippen molar-refractivity contribution in [2.45, 2.75) is 65.0 Å². The summed E-state index contributed by atoms with van der Waals surface area (Å²) in [5.74, 6) is 1.53. The highest BCUT2D eigenvalue weighted by atomic mass is 16.5. The van der Waals surface area contributed by atoms with Crippen LogP contribution in [0.15, 0.2) is 0 Å². The molecule has 0 bridgehead atoms. The molecule has 26 heavy (non-hydrogen) atoms. The van der Waals surface area contributed by atoms with Crippen LogP contribution in [0.3, 0.4) is 0 Å². The normalized spacial score (nSPS) is 33.1. The molecule has 2 saturated heterocycles. The van der Waals surface area contributed by atoms with Gasteiger partial charge in [-0.2, -0.15) is 0 Å². The van der Waals surface area contributed by atoms with E-state index in [0.717, 1.165) is 18.8 Å². The second-order valence-corrected chi connectivity index (χ2v) is 8.98. The van der Waals surface area contributed by atoms with Gasteiger partial charge in [0.2, 0.25) is 11.8 Å². The minimum Gasteiger partial charge on any atom is -0.378 e. The number of rotatable bonds is 4. The van der Waals surface area contributed by atoms with Crippen molar-refractivity contribution in [2.75, 3.05) is 32.8 Å². The standard InChI is InChI=1S/C20H35N3O3/c1-14-4-6-15(7-5-14)20(2,3)19(25)22-16-12-17(21-13-16)18(24)23-8-10-26-11-9-23/h14-17,21H,4-13H2,1-3H3,(H,22,25)/t14?,15?,16-,17-/m0/s1. The first kappa shape index (κ1) is 19.6. The van der Waals surface area contributed by atoms with E-state index in [9.17, 15) is 9.59 Å². The number of carbonyl (C=O) groups excluding carboxylic acids is 2. The molecule has 2 aliphatic heterocycles. The number of nitrogens with zero attached hydrogens (tertiary/aromatic N) is 1. The maximum absolute atomic E-state index is 12.9. The Morgan fingerprint density at radius 3 is 2.42 bits per heavy atom. The zero-order chi connectivity index (χ0) is 18.7. The molecule has 0 aromatic carbocycles. The molecule has 0 radical (unpaired) electrons. The lowest BCUT2D eigenvalue weighted by atomic mass is 9.68. The topological polar surface area (TPSA) is 70.7 Å². The molecular formula is C20H35N3O3. The van der Waals surface area contributed by atoms with Gasteiger partial charge in [0.15, 0.2) is 0 Å². The van der Waals surface area contributed by atoms with Crippen LogP contribution in [0.4, 0.5) is 0 Å². The van der Waals surface area contributed by atoms with Crippen LogP contribution in [0, 0.1) is 17.3 Å². The molecule has 2 N–H and O–H groups in total. The second-order valence-electron chi connectivity index (χ2n) is 8.98. The molecule has 2 atom stereocenters. The Kier molecular flexibility index (Phi) is 6.23. The Morgan fingerprint density at radius 1 is 1.12 bits per heavy atom. The quantitative estimate of drug-likeness (QED) is 0.793. The lowest BCUT2D eigenvalue weighted by Crippen LogP contribution is -2.48. The van der Waals surface area contributed by atoms with Crippen molar-refractivity contribution >= 4 is 11.8 Å². The number of amides is 2. The molecule has 2 heterocycles. The average molecular weight is 366 g/mol. The fraction of sp³-hybridized carbons (Fsp3) is 0.900. The minimum absolute atomic E-state index is 0.0410. The van der Waals surface area contributed by atoms with Crippen molar-refractivity contribution in [3.63, 3.8) is 0 Å². The zero-order valence-corrected chi connectivity index (χ0v) is 16.6. The van der Waals surface area contributed by atoms with Gasteiger partial charge in [-0.05, 0) is 31.1 Å². The summed E-state index contributed by atoms with van der Waals surface area (Å²) in [6, 6.07) is -0.142. The molecule has 6 nitrogen and oxygen atoms in total. The summed E-state index contributed by atoms with van der Waals surface area (Å²) in [6.07, 6.45) is 5.41. The van der Waals surface area contributed by atoms with Crippen LogP contribution < -0.4 is 10.6 Å². The van der Waals surface area contributed by atoms with Gasteiger partial charge in [0.25, 0.3) is 0 Å². The van der Waals surface area contributed by atoms with E-state index in [-0.39, 0.29) is 29.3 Å². The fourth-order valence-electron chi connectivity index (χ4n) is 4.58. The van der Waals surface area contributed by atoms with Gasteiger partial charge in [0.1, 0.15) is 0 Å². The highest BCUT2D eigenvalue weighted by Crippen LogP contribution is 2.40. The molecule has 3 fully saturated rings. The van der Waals surface area contributed by atoms with E-state index >= 15 is 0 Å². The maximum atomic E-state index is 12.9. The van der Waals surface area contributed by atoms with Gasteiger partial charge < -0.3 is 20.3 Å². The monoisotopic (exact) mass is 365 g/mol. The van der Waals surface area contributed by atoms with Crippen LogP contribution in [-0.4, -0.2) is 61.6 Å². The number of hydrogen-bond donors (Lipinski definition) is 2. The van der Waals surface area contributed by atoms with Crippen LogP contribution in [-0.2, 0) is 14.3 Å². The predicted molar refractivity (Wildman–Crippen MR) is 101 cm³/mol. The molecule has 1 aliphatic carbocycles. The van der Waals surface area contributed by atoms with E-state index < -0.39 is 0 Å². The lowest BCUT2D eigenvalue weighted by molar-refractivity contribution is -0.137. The fourth-order valence-corrected chi connectivity index (χ4v) is 4.58. The molecule has 0 aromatic rings. The first-order chi connectivity index (χ1) is 12.4. The molecule has 6 heteroatoms. The van der Waals surface area contributed by atoms with Crippen LogP contribution in [0.5, 0.6) is 0 Å². The van der Waals surface area contributed by atoms with Crippen molar-refractivity contribution < 1.29 is 14.3 Å². The van der Waals surface area contributed by atoms with E-state index in [1.54, 1.807) is 0 Å². The lowest BCUT2D eigenvalue weighted by Gasteiger charge is -2.38. The van der Waals surface area contributed by atoms with E-state index in [1.807, 2.05) is 4.90 Å². The summed E-state index contributed by atoms with van der Waals surface area (Å²) in [7, 11) is 0. The van der Waals surface area contributed by atoms with Gasteiger partial charge in [0.05, 0.1) is 19.3 Å². The predicted octanol–water partition coefficient (Wildman–Crippen LogP) is 1.54. The van der Waals surface area contributed by atoms with E-state index in [0.29, 0.717) is 45.2 Å². The Hall–Kier alpha value is -1.14. The van der Waals surface area contributed by atoms with Crippen LogP contribution in [0.2, 0.25) is 0 Å². The molecule has 3 aliphatic rings. The third kappa shape index (κ3) is 4.39. The van der Waals surface area contributed by atoms with Crippen molar-refractivity contribution in [2.24, 2.45) is 17.3 Å². The first-order valence-electron chi connectivity index (χ1n) is 10.3. The van der Waals surface area contributed by atoms with Crippen molar-refractivity contribution in [3.8, 4) is 0 Å². The highest BCUT2D eigenvalue weighted by Gasteiger charge is 2.40. The summed E-state index contributed by atoms with van der Waals surface area (Å²) in [5.41, 5.74) is -0.341. The second kappa shape index (κ2) is 8.26. The maximum Gasteiger partial charge on any atom is 0.239 e. The molecule has 0 spiro atoms. The summed E-state index contributed by atoms with van der Waals surface area (Å²) in [4.78, 5) is 27.4. The van der Waals surface area contributed by atoms with Crippen molar-refractivity contribution in [1.29, 1.82) is 0 Å². The Bertz CT molecular complexity index is 508. The van der Waals surface area contributed by atoms with Crippen LogP contribution in [0.1, 0.15) is 52.9 Å². The molecule has 1 saturated carbocycles. The molecule has 148 valence electrons. The molecule has 3 rings (SSSR count). The SMILES string of the molecule is CC1CCC(C(C)(C)C(=O)N[C@@H]2CN[C@H](C(=O)N3CCOCC3)C2)CC1. The number of hydrogen-bond acceptors (Lipinski definition) is 4. The van der Waals surface area contributed by atoms with E-state index in [2.05, 4.69) is 31.4 Å². The largest absolute Gasteiger partial charge is 0.378 e. The highest BCUT2D eigenvalue weighted by molar-refractivity contribution is 5.84. The van der Waals surface area contributed by atoms with Crippen molar-refractivity contribution in [1.82, 2.24) is 15.5 Å². The number of morpholine rings is 1. The summed E-state index contributed by atoms with van der Waals surface area (Å²) < 4.78 is 5.32. The van der Waals surface area contributed by atoms with Gasteiger partial charge in [-0.15, -0.1) is 0 Å². The smallest absolute Gasteiger partial charge is 0.239 e. The third-order valence-corrected chi connectivity index (χ3v) is 6.71. The van der Waals surface area contributed by atoms with E-state index in [4.69, 9.17) is 4.74 Å². The minimum atomic E-state index is -0.341. The van der Waals surface area contributed by atoms with Crippen LogP contribution in [0.25, 0.3) is 0 Å².